The highest BCUT2D eigenvalue weighted by Gasteiger charge is 2.17. The molecular weight excluding hydrogens is 462 g/mol. The van der Waals surface area contributed by atoms with E-state index in [9.17, 15) is 4.79 Å². The normalized spacial score (nSPS) is 10.9. The van der Waals surface area contributed by atoms with Crippen LogP contribution < -0.4 is 14.9 Å². The number of carbonyl (C=O) groups is 1. The molecule has 1 amide bonds. The number of carbonyl (C=O) groups excluding carboxylic acids is 1. The Morgan fingerprint density at radius 2 is 1.74 bits per heavy atom. The van der Waals surface area contributed by atoms with Crippen LogP contribution in [0.1, 0.15) is 11.1 Å². The van der Waals surface area contributed by atoms with Gasteiger partial charge in [-0.1, -0.05) is 41.6 Å². The molecule has 1 N–H and O–H groups in total. The molecule has 0 saturated heterocycles. The van der Waals surface area contributed by atoms with Crippen LogP contribution in [0.2, 0.25) is 0 Å². The number of aromatic nitrogens is 3. The van der Waals surface area contributed by atoms with Gasteiger partial charge in [-0.2, -0.15) is 5.10 Å². The van der Waals surface area contributed by atoms with Crippen molar-refractivity contribution in [3.63, 3.8) is 0 Å². The summed E-state index contributed by atoms with van der Waals surface area (Å²) in [5.74, 6) is 2.03. The number of thioether (sulfide) groups is 1. The fourth-order valence-electron chi connectivity index (χ4n) is 3.28. The Hall–Kier alpha value is -4.11. The zero-order valence-electron chi connectivity index (χ0n) is 19.6. The van der Waals surface area contributed by atoms with Crippen LogP contribution in [0.5, 0.6) is 11.5 Å². The predicted octanol–water partition coefficient (Wildman–Crippen LogP) is 4.50. The molecule has 1 aromatic heterocycles. The molecule has 0 aliphatic rings. The lowest BCUT2D eigenvalue weighted by Gasteiger charge is -2.11. The molecule has 0 aliphatic carbocycles. The Labute approximate surface area is 208 Å². The van der Waals surface area contributed by atoms with E-state index in [1.165, 1.54) is 11.8 Å². The van der Waals surface area contributed by atoms with Gasteiger partial charge in [-0.3, -0.25) is 9.36 Å². The first-order valence-electron chi connectivity index (χ1n) is 10.8. The molecule has 3 aromatic carbocycles. The fourth-order valence-corrected chi connectivity index (χ4v) is 4.02. The number of ether oxygens (including phenoxy) is 2. The fraction of sp³-hybridized carbons (Fsp3) is 0.154. The quantitative estimate of drug-likeness (QED) is 0.212. The van der Waals surface area contributed by atoms with E-state index in [2.05, 4.69) is 20.7 Å². The SMILES string of the molecule is COc1ccc(-c2nnc(SCC(=O)NN=Cc3cccc(OC)c3)n2-c2ccc(C)cc2)cc1. The average molecular weight is 488 g/mol. The predicted molar refractivity (Wildman–Crippen MR) is 138 cm³/mol. The maximum absolute atomic E-state index is 12.4. The second-order valence-electron chi connectivity index (χ2n) is 7.56. The van der Waals surface area contributed by atoms with E-state index in [0.29, 0.717) is 11.0 Å². The molecule has 0 atom stereocenters. The number of amides is 1. The molecule has 0 radical (unpaired) electrons. The van der Waals surface area contributed by atoms with E-state index >= 15 is 0 Å². The van der Waals surface area contributed by atoms with Gasteiger partial charge >= 0.3 is 0 Å². The highest BCUT2D eigenvalue weighted by molar-refractivity contribution is 7.99. The number of hydrazone groups is 1. The lowest BCUT2D eigenvalue weighted by molar-refractivity contribution is -0.118. The molecule has 0 saturated carbocycles. The van der Waals surface area contributed by atoms with Gasteiger partial charge in [0.25, 0.3) is 5.91 Å². The molecular formula is C26H25N5O3S. The summed E-state index contributed by atoms with van der Waals surface area (Å²) in [7, 11) is 3.23. The van der Waals surface area contributed by atoms with Crippen molar-refractivity contribution in [2.75, 3.05) is 20.0 Å². The van der Waals surface area contributed by atoms with Crippen molar-refractivity contribution < 1.29 is 14.3 Å². The van der Waals surface area contributed by atoms with Gasteiger partial charge in [0.05, 0.1) is 26.2 Å². The Morgan fingerprint density at radius 3 is 2.46 bits per heavy atom. The second-order valence-corrected chi connectivity index (χ2v) is 8.51. The van der Waals surface area contributed by atoms with Crippen LogP contribution in [0.3, 0.4) is 0 Å². The molecule has 4 aromatic rings. The zero-order chi connectivity index (χ0) is 24.6. The van der Waals surface area contributed by atoms with Crippen molar-refractivity contribution in [3.05, 3.63) is 83.9 Å². The van der Waals surface area contributed by atoms with Crippen LogP contribution in [-0.4, -0.2) is 46.9 Å². The molecule has 178 valence electrons. The van der Waals surface area contributed by atoms with Crippen molar-refractivity contribution >= 4 is 23.9 Å². The van der Waals surface area contributed by atoms with E-state index in [1.807, 2.05) is 84.3 Å². The number of hydrogen-bond acceptors (Lipinski definition) is 7. The highest BCUT2D eigenvalue weighted by Crippen LogP contribution is 2.29. The molecule has 35 heavy (non-hydrogen) atoms. The number of aryl methyl sites for hydroxylation is 1. The summed E-state index contributed by atoms with van der Waals surface area (Å²) in [6, 6.07) is 23.1. The van der Waals surface area contributed by atoms with Gasteiger partial charge in [0, 0.05) is 11.3 Å². The average Bonchev–Trinajstić information content (AvgIpc) is 3.32. The number of benzene rings is 3. The lowest BCUT2D eigenvalue weighted by atomic mass is 10.2. The monoisotopic (exact) mass is 487 g/mol. The molecule has 1 heterocycles. The summed E-state index contributed by atoms with van der Waals surface area (Å²) in [5, 5.41) is 13.4. The number of hydrogen-bond donors (Lipinski definition) is 1. The number of methoxy groups -OCH3 is 2. The van der Waals surface area contributed by atoms with Gasteiger partial charge in [-0.05, 0) is 61.0 Å². The van der Waals surface area contributed by atoms with Crippen molar-refractivity contribution in [1.82, 2.24) is 20.2 Å². The van der Waals surface area contributed by atoms with Gasteiger partial charge < -0.3 is 9.47 Å². The number of nitrogens with one attached hydrogen (secondary N) is 1. The van der Waals surface area contributed by atoms with E-state index < -0.39 is 0 Å². The summed E-state index contributed by atoms with van der Waals surface area (Å²) in [6.07, 6.45) is 1.57. The summed E-state index contributed by atoms with van der Waals surface area (Å²) in [6.45, 7) is 2.03. The minimum Gasteiger partial charge on any atom is -0.497 e. The van der Waals surface area contributed by atoms with E-state index in [1.54, 1.807) is 20.4 Å². The minimum atomic E-state index is -0.251. The first-order chi connectivity index (χ1) is 17.1. The summed E-state index contributed by atoms with van der Waals surface area (Å²) in [4.78, 5) is 12.4. The van der Waals surface area contributed by atoms with Gasteiger partial charge in [0.15, 0.2) is 11.0 Å². The molecule has 9 heteroatoms. The third-order valence-electron chi connectivity index (χ3n) is 5.10. The Balaban J connectivity index is 1.50. The molecule has 0 bridgehead atoms. The molecule has 4 rings (SSSR count). The third-order valence-corrected chi connectivity index (χ3v) is 6.03. The van der Waals surface area contributed by atoms with E-state index in [-0.39, 0.29) is 11.7 Å². The zero-order valence-corrected chi connectivity index (χ0v) is 20.5. The largest absolute Gasteiger partial charge is 0.497 e. The van der Waals surface area contributed by atoms with Gasteiger partial charge in [-0.15, -0.1) is 10.2 Å². The van der Waals surface area contributed by atoms with Crippen molar-refractivity contribution in [3.8, 4) is 28.6 Å². The van der Waals surface area contributed by atoms with Gasteiger partial charge in [0.2, 0.25) is 0 Å². The third kappa shape index (κ3) is 6.07. The molecule has 8 nitrogen and oxygen atoms in total. The Morgan fingerprint density at radius 1 is 1.00 bits per heavy atom. The van der Waals surface area contributed by atoms with Crippen LogP contribution in [0, 0.1) is 6.92 Å². The number of nitrogens with zero attached hydrogens (tertiary/aromatic N) is 4. The second kappa shape index (κ2) is 11.3. The molecule has 0 fully saturated rings. The number of rotatable bonds is 9. The maximum atomic E-state index is 12.4. The lowest BCUT2D eigenvalue weighted by Crippen LogP contribution is -2.20. The van der Waals surface area contributed by atoms with Crippen LogP contribution in [0.25, 0.3) is 17.1 Å². The molecule has 0 spiro atoms. The Kier molecular flexibility index (Phi) is 7.79. The van der Waals surface area contributed by atoms with Crippen LogP contribution in [-0.2, 0) is 4.79 Å². The summed E-state index contributed by atoms with van der Waals surface area (Å²) < 4.78 is 12.4. The highest BCUT2D eigenvalue weighted by atomic mass is 32.2. The standard InChI is InChI=1S/C26H25N5O3S/c1-18-7-11-21(12-8-18)31-25(20-9-13-22(33-2)14-10-20)29-30-26(31)35-17-24(32)28-27-16-19-5-4-6-23(15-19)34-3/h4-16H,17H2,1-3H3,(H,28,32). The topological polar surface area (TPSA) is 90.6 Å². The summed E-state index contributed by atoms with van der Waals surface area (Å²) >= 11 is 1.29. The van der Waals surface area contributed by atoms with Crippen LogP contribution in [0.4, 0.5) is 0 Å². The first kappa shape index (κ1) is 24.0. The maximum Gasteiger partial charge on any atom is 0.250 e. The first-order valence-corrected chi connectivity index (χ1v) is 11.8. The molecule has 0 aliphatic heterocycles. The smallest absolute Gasteiger partial charge is 0.250 e. The Bertz CT molecular complexity index is 1320. The van der Waals surface area contributed by atoms with E-state index in [0.717, 1.165) is 33.9 Å². The summed E-state index contributed by atoms with van der Waals surface area (Å²) in [5.41, 5.74) is 6.32. The molecule has 0 unspecified atom stereocenters. The van der Waals surface area contributed by atoms with Gasteiger partial charge in [-0.25, -0.2) is 5.43 Å². The van der Waals surface area contributed by atoms with Gasteiger partial charge in [0.1, 0.15) is 11.5 Å². The van der Waals surface area contributed by atoms with E-state index in [4.69, 9.17) is 9.47 Å². The van der Waals surface area contributed by atoms with Crippen molar-refractivity contribution in [2.45, 2.75) is 12.1 Å². The minimum absolute atomic E-state index is 0.127. The van der Waals surface area contributed by atoms with Crippen molar-refractivity contribution in [2.24, 2.45) is 5.10 Å². The van der Waals surface area contributed by atoms with Crippen molar-refractivity contribution in [1.29, 1.82) is 0 Å². The van der Waals surface area contributed by atoms with Crippen LogP contribution >= 0.6 is 11.8 Å². The van der Waals surface area contributed by atoms with Crippen LogP contribution in [0.15, 0.2) is 83.1 Å².